The average molecular weight is 358 g/mol. The van der Waals surface area contributed by atoms with E-state index in [2.05, 4.69) is 39.7 Å². The average Bonchev–Trinajstić information content (AvgIpc) is 2.84. The quantitative estimate of drug-likeness (QED) is 0.839. The number of hydrogen-bond donors (Lipinski definition) is 1. The molecule has 1 unspecified atom stereocenters. The summed E-state index contributed by atoms with van der Waals surface area (Å²) in [6, 6.07) is 7.70. The summed E-state index contributed by atoms with van der Waals surface area (Å²) in [6.45, 7) is 6.37. The van der Waals surface area contributed by atoms with E-state index < -0.39 is 0 Å². The molecule has 1 N–H and O–H groups in total. The molecule has 1 atom stereocenters. The lowest BCUT2D eigenvalue weighted by molar-refractivity contribution is 0.0947. The fraction of sp³-hybridized carbons (Fsp3) is 0.500. The second-order valence-corrected chi connectivity index (χ2v) is 6.01. The van der Waals surface area contributed by atoms with E-state index in [1.165, 1.54) is 13.0 Å². The lowest BCUT2D eigenvalue weighted by Crippen LogP contribution is -2.31. The number of rotatable bonds is 4. The highest BCUT2D eigenvalue weighted by Gasteiger charge is 2.21. The Morgan fingerprint density at radius 2 is 2.39 bits per heavy atom. The molecule has 0 aromatic heterocycles. The van der Waals surface area contributed by atoms with Crippen LogP contribution in [0.3, 0.4) is 0 Å². The fourth-order valence-electron chi connectivity index (χ4n) is 2.34. The molecule has 1 fully saturated rings. The van der Waals surface area contributed by atoms with Crippen LogP contribution in [0.5, 0.6) is 0 Å². The van der Waals surface area contributed by atoms with Crippen molar-refractivity contribution in [2.75, 3.05) is 26.2 Å². The number of hydrogen-bond acceptors (Lipinski definition) is 2. The molecule has 0 aliphatic carbocycles. The van der Waals surface area contributed by atoms with Gasteiger partial charge in [0.2, 0.25) is 0 Å². The molecule has 4 heteroatoms. The van der Waals surface area contributed by atoms with Crippen molar-refractivity contribution in [3.63, 3.8) is 0 Å². The van der Waals surface area contributed by atoms with E-state index in [9.17, 15) is 4.79 Å². The second kappa shape index (κ2) is 6.52. The summed E-state index contributed by atoms with van der Waals surface area (Å²) >= 11 is 2.23. The van der Waals surface area contributed by atoms with Crippen LogP contribution >= 0.6 is 22.6 Å². The summed E-state index contributed by atoms with van der Waals surface area (Å²) in [6.07, 6.45) is 1.19. The third kappa shape index (κ3) is 3.68. The summed E-state index contributed by atoms with van der Waals surface area (Å²) in [7, 11) is 0. The van der Waals surface area contributed by atoms with Crippen LogP contribution in [0.2, 0.25) is 0 Å². The van der Waals surface area contributed by atoms with Crippen LogP contribution in [0.1, 0.15) is 23.7 Å². The molecule has 98 valence electrons. The van der Waals surface area contributed by atoms with Gasteiger partial charge in [0.15, 0.2) is 0 Å². The highest BCUT2D eigenvalue weighted by atomic mass is 127. The molecule has 1 amide bonds. The van der Waals surface area contributed by atoms with E-state index in [0.29, 0.717) is 5.92 Å². The van der Waals surface area contributed by atoms with Crippen molar-refractivity contribution in [1.82, 2.24) is 10.2 Å². The maximum atomic E-state index is 12.0. The number of carbonyl (C=O) groups excluding carboxylic acids is 1. The SMILES string of the molecule is CCN1CCC(CNC(=O)c2cccc(I)c2)C1. The van der Waals surface area contributed by atoms with Gasteiger partial charge in [-0.2, -0.15) is 0 Å². The largest absolute Gasteiger partial charge is 0.352 e. The van der Waals surface area contributed by atoms with Crippen LogP contribution in [-0.4, -0.2) is 37.0 Å². The van der Waals surface area contributed by atoms with Gasteiger partial charge in [-0.1, -0.05) is 13.0 Å². The molecular weight excluding hydrogens is 339 g/mol. The Morgan fingerprint density at radius 1 is 1.56 bits per heavy atom. The van der Waals surface area contributed by atoms with Crippen LogP contribution in [0.15, 0.2) is 24.3 Å². The fourth-order valence-corrected chi connectivity index (χ4v) is 2.88. The molecule has 0 radical (unpaired) electrons. The van der Waals surface area contributed by atoms with Crippen molar-refractivity contribution in [2.24, 2.45) is 5.92 Å². The topological polar surface area (TPSA) is 32.3 Å². The number of likely N-dealkylation sites (tertiary alicyclic amines) is 1. The summed E-state index contributed by atoms with van der Waals surface area (Å²) in [5, 5.41) is 3.04. The minimum atomic E-state index is 0.0449. The first-order chi connectivity index (χ1) is 8.69. The normalized spacial score (nSPS) is 20.0. The van der Waals surface area contributed by atoms with Crippen LogP contribution in [0, 0.1) is 9.49 Å². The predicted octanol–water partition coefficient (Wildman–Crippen LogP) is 2.36. The van der Waals surface area contributed by atoms with E-state index in [1.807, 2.05) is 24.3 Å². The second-order valence-electron chi connectivity index (χ2n) is 4.77. The molecule has 2 rings (SSSR count). The first-order valence-corrected chi connectivity index (χ1v) is 7.53. The molecule has 0 saturated carbocycles. The lowest BCUT2D eigenvalue weighted by Gasteiger charge is -2.13. The monoisotopic (exact) mass is 358 g/mol. The number of carbonyl (C=O) groups is 1. The Bertz CT molecular complexity index is 422. The van der Waals surface area contributed by atoms with Crippen LogP contribution < -0.4 is 5.32 Å². The molecule has 1 saturated heterocycles. The summed E-state index contributed by atoms with van der Waals surface area (Å²) in [5.41, 5.74) is 0.757. The molecular formula is C14H19IN2O. The zero-order valence-corrected chi connectivity index (χ0v) is 12.8. The highest BCUT2D eigenvalue weighted by Crippen LogP contribution is 2.15. The van der Waals surface area contributed by atoms with E-state index in [1.54, 1.807) is 0 Å². The summed E-state index contributed by atoms with van der Waals surface area (Å²) in [5.74, 6) is 0.653. The maximum Gasteiger partial charge on any atom is 0.251 e. The van der Waals surface area contributed by atoms with Crippen molar-refractivity contribution in [1.29, 1.82) is 0 Å². The summed E-state index contributed by atoms with van der Waals surface area (Å²) in [4.78, 5) is 14.4. The highest BCUT2D eigenvalue weighted by molar-refractivity contribution is 14.1. The molecule has 3 nitrogen and oxygen atoms in total. The Balaban J connectivity index is 1.82. The molecule has 1 aliphatic heterocycles. The number of nitrogens with one attached hydrogen (secondary N) is 1. The van der Waals surface area contributed by atoms with Crippen LogP contribution in [-0.2, 0) is 0 Å². The molecule has 1 aliphatic rings. The molecule has 1 heterocycles. The predicted molar refractivity (Wildman–Crippen MR) is 81.7 cm³/mol. The van der Waals surface area contributed by atoms with Gasteiger partial charge in [0.25, 0.3) is 5.91 Å². The first kappa shape index (κ1) is 13.8. The van der Waals surface area contributed by atoms with Gasteiger partial charge in [-0.15, -0.1) is 0 Å². The molecule has 0 bridgehead atoms. The van der Waals surface area contributed by atoms with Gasteiger partial charge in [0.1, 0.15) is 0 Å². The van der Waals surface area contributed by atoms with Gasteiger partial charge < -0.3 is 10.2 Å². The van der Waals surface area contributed by atoms with Crippen molar-refractivity contribution in [3.05, 3.63) is 33.4 Å². The Morgan fingerprint density at radius 3 is 3.06 bits per heavy atom. The molecule has 1 aromatic carbocycles. The van der Waals surface area contributed by atoms with Crippen molar-refractivity contribution in [3.8, 4) is 0 Å². The van der Waals surface area contributed by atoms with Crippen molar-refractivity contribution >= 4 is 28.5 Å². The number of benzene rings is 1. The molecule has 0 spiro atoms. The van der Waals surface area contributed by atoms with E-state index in [0.717, 1.165) is 28.8 Å². The number of nitrogens with zero attached hydrogens (tertiary/aromatic N) is 1. The van der Waals surface area contributed by atoms with Gasteiger partial charge >= 0.3 is 0 Å². The van der Waals surface area contributed by atoms with Gasteiger partial charge in [-0.25, -0.2) is 0 Å². The smallest absolute Gasteiger partial charge is 0.251 e. The Hall–Kier alpha value is -0.620. The molecule has 18 heavy (non-hydrogen) atoms. The van der Waals surface area contributed by atoms with Crippen molar-refractivity contribution < 1.29 is 4.79 Å². The van der Waals surface area contributed by atoms with Gasteiger partial charge in [0, 0.05) is 22.2 Å². The van der Waals surface area contributed by atoms with Gasteiger partial charge in [-0.05, 0) is 66.2 Å². The number of amides is 1. The Labute approximate surface area is 122 Å². The maximum absolute atomic E-state index is 12.0. The van der Waals surface area contributed by atoms with Crippen molar-refractivity contribution in [2.45, 2.75) is 13.3 Å². The zero-order valence-electron chi connectivity index (χ0n) is 10.7. The van der Waals surface area contributed by atoms with E-state index in [-0.39, 0.29) is 5.91 Å². The van der Waals surface area contributed by atoms with Gasteiger partial charge in [-0.3, -0.25) is 4.79 Å². The zero-order chi connectivity index (χ0) is 13.0. The van der Waals surface area contributed by atoms with Crippen LogP contribution in [0.25, 0.3) is 0 Å². The first-order valence-electron chi connectivity index (χ1n) is 6.45. The van der Waals surface area contributed by atoms with E-state index in [4.69, 9.17) is 0 Å². The van der Waals surface area contributed by atoms with Crippen LogP contribution in [0.4, 0.5) is 0 Å². The van der Waals surface area contributed by atoms with Gasteiger partial charge in [0.05, 0.1) is 0 Å². The minimum absolute atomic E-state index is 0.0449. The lowest BCUT2D eigenvalue weighted by atomic mass is 10.1. The third-order valence-corrected chi connectivity index (χ3v) is 4.13. The standard InChI is InChI=1S/C14H19IN2O/c1-2-17-7-6-11(10-17)9-16-14(18)12-4-3-5-13(15)8-12/h3-5,8,11H,2,6-7,9-10H2,1H3,(H,16,18). The third-order valence-electron chi connectivity index (χ3n) is 3.46. The Kier molecular flexibility index (Phi) is 5.00. The van der Waals surface area contributed by atoms with E-state index >= 15 is 0 Å². The minimum Gasteiger partial charge on any atom is -0.352 e. The number of halogens is 1. The summed E-state index contributed by atoms with van der Waals surface area (Å²) < 4.78 is 1.10. The molecule has 1 aromatic rings.